The summed E-state index contributed by atoms with van der Waals surface area (Å²) in [5.41, 5.74) is 4.43. The first-order valence-corrected chi connectivity index (χ1v) is 6.04. The molecule has 1 unspecified atom stereocenters. The summed E-state index contributed by atoms with van der Waals surface area (Å²) in [4.78, 5) is 0. The smallest absolute Gasteiger partial charge is 0.254 e. The molecule has 0 heterocycles. The number of rotatable bonds is 5. The van der Waals surface area contributed by atoms with Crippen molar-refractivity contribution in [2.75, 3.05) is 6.54 Å². The molecule has 0 radical (unpaired) electrons. The fourth-order valence-corrected chi connectivity index (χ4v) is 2.26. The van der Waals surface area contributed by atoms with E-state index in [-0.39, 0.29) is 0 Å². The van der Waals surface area contributed by atoms with Gasteiger partial charge in [-0.25, -0.2) is 8.78 Å². The molecule has 1 rings (SSSR count). The lowest BCUT2D eigenvalue weighted by Crippen LogP contribution is -2.37. The Kier molecular flexibility index (Phi) is 5.06. The molecule has 0 aliphatic heterocycles. The lowest BCUT2D eigenvalue weighted by Gasteiger charge is -2.20. The highest BCUT2D eigenvalue weighted by Crippen LogP contribution is 2.19. The van der Waals surface area contributed by atoms with Gasteiger partial charge in [-0.1, -0.05) is 24.6 Å². The van der Waals surface area contributed by atoms with Gasteiger partial charge < -0.3 is 5.32 Å². The van der Waals surface area contributed by atoms with Crippen LogP contribution in [0, 0.1) is 20.8 Å². The van der Waals surface area contributed by atoms with Crippen molar-refractivity contribution in [3.63, 3.8) is 0 Å². The Bertz CT molecular complexity index is 351. The number of hydrogen-bond acceptors (Lipinski definition) is 1. The second-order valence-corrected chi connectivity index (χ2v) is 4.58. The topological polar surface area (TPSA) is 12.0 Å². The fraction of sp³-hybridized carbons (Fsp3) is 0.571. The largest absolute Gasteiger partial charge is 0.309 e. The molecule has 1 N–H and O–H groups in total. The molecule has 1 atom stereocenters. The fourth-order valence-electron chi connectivity index (χ4n) is 2.26. The van der Waals surface area contributed by atoms with Crippen LogP contribution in [0.15, 0.2) is 12.1 Å². The van der Waals surface area contributed by atoms with Gasteiger partial charge in [0.25, 0.3) is 6.43 Å². The van der Waals surface area contributed by atoms with E-state index >= 15 is 0 Å². The Morgan fingerprint density at radius 1 is 1.12 bits per heavy atom. The first-order chi connectivity index (χ1) is 7.95. The van der Waals surface area contributed by atoms with E-state index in [1.54, 1.807) is 0 Å². The molecule has 0 aromatic heterocycles. The minimum atomic E-state index is -2.32. The van der Waals surface area contributed by atoms with Crippen molar-refractivity contribution < 1.29 is 8.78 Å². The first-order valence-electron chi connectivity index (χ1n) is 6.04. The zero-order chi connectivity index (χ0) is 13.0. The Morgan fingerprint density at radius 3 is 2.06 bits per heavy atom. The van der Waals surface area contributed by atoms with Gasteiger partial charge in [0.15, 0.2) is 0 Å². The Hall–Kier alpha value is -0.960. The van der Waals surface area contributed by atoms with Crippen LogP contribution in [0.3, 0.4) is 0 Å². The molecule has 17 heavy (non-hydrogen) atoms. The molecule has 1 aromatic carbocycles. The summed E-state index contributed by atoms with van der Waals surface area (Å²) in [5, 5.41) is 2.85. The van der Waals surface area contributed by atoms with E-state index in [1.165, 1.54) is 5.56 Å². The predicted molar refractivity (Wildman–Crippen MR) is 67.8 cm³/mol. The number of aryl methyl sites for hydroxylation is 3. The van der Waals surface area contributed by atoms with Crippen molar-refractivity contribution in [2.24, 2.45) is 0 Å². The molecular weight excluding hydrogens is 220 g/mol. The van der Waals surface area contributed by atoms with Gasteiger partial charge in [0.2, 0.25) is 0 Å². The molecule has 0 fully saturated rings. The van der Waals surface area contributed by atoms with E-state index in [0.29, 0.717) is 13.0 Å². The molecule has 0 aliphatic carbocycles. The predicted octanol–water partition coefficient (Wildman–Crippen LogP) is 3.40. The third kappa shape index (κ3) is 3.77. The second-order valence-electron chi connectivity index (χ2n) is 4.58. The third-order valence-corrected chi connectivity index (χ3v) is 3.03. The van der Waals surface area contributed by atoms with Crippen LogP contribution in [-0.4, -0.2) is 19.0 Å². The van der Waals surface area contributed by atoms with Crippen molar-refractivity contribution in [1.82, 2.24) is 5.32 Å². The van der Waals surface area contributed by atoms with Crippen LogP contribution in [0.1, 0.15) is 29.2 Å². The normalized spacial score (nSPS) is 13.1. The van der Waals surface area contributed by atoms with E-state index in [9.17, 15) is 8.78 Å². The van der Waals surface area contributed by atoms with Gasteiger partial charge in [0, 0.05) is 0 Å². The monoisotopic (exact) mass is 241 g/mol. The van der Waals surface area contributed by atoms with Gasteiger partial charge in [-0.15, -0.1) is 0 Å². The summed E-state index contributed by atoms with van der Waals surface area (Å²) in [6, 6.07) is 3.35. The van der Waals surface area contributed by atoms with Crippen LogP contribution in [0.25, 0.3) is 0 Å². The van der Waals surface area contributed by atoms with E-state index in [0.717, 1.165) is 16.7 Å². The highest BCUT2D eigenvalue weighted by Gasteiger charge is 2.21. The van der Waals surface area contributed by atoms with E-state index < -0.39 is 12.5 Å². The molecule has 0 spiro atoms. The summed E-state index contributed by atoms with van der Waals surface area (Å²) >= 11 is 0. The van der Waals surface area contributed by atoms with Crippen molar-refractivity contribution in [3.8, 4) is 0 Å². The standard InChI is InChI=1S/C14H21F2N/c1-5-17-13(14(15)16)8-12-10(3)6-9(2)7-11(12)4/h6-7,13-14,17H,5,8H2,1-4H3. The minimum absolute atomic E-state index is 0.392. The zero-order valence-electron chi connectivity index (χ0n) is 11.0. The Labute approximate surface area is 102 Å². The van der Waals surface area contributed by atoms with E-state index in [4.69, 9.17) is 0 Å². The van der Waals surface area contributed by atoms with E-state index in [2.05, 4.69) is 17.4 Å². The summed E-state index contributed by atoms with van der Waals surface area (Å²) in [6.45, 7) is 8.43. The van der Waals surface area contributed by atoms with Crippen molar-refractivity contribution in [2.45, 2.75) is 46.6 Å². The quantitative estimate of drug-likeness (QED) is 0.833. The van der Waals surface area contributed by atoms with Crippen molar-refractivity contribution >= 4 is 0 Å². The van der Waals surface area contributed by atoms with Gasteiger partial charge >= 0.3 is 0 Å². The average Bonchev–Trinajstić information content (AvgIpc) is 2.21. The van der Waals surface area contributed by atoms with Gasteiger partial charge in [-0.2, -0.15) is 0 Å². The molecule has 1 nitrogen and oxygen atoms in total. The number of nitrogens with one attached hydrogen (secondary N) is 1. The number of hydrogen-bond donors (Lipinski definition) is 1. The van der Waals surface area contributed by atoms with Crippen LogP contribution in [0.2, 0.25) is 0 Å². The summed E-state index contributed by atoms with van der Waals surface area (Å²) in [6.07, 6.45) is -1.93. The lowest BCUT2D eigenvalue weighted by atomic mass is 9.94. The summed E-state index contributed by atoms with van der Waals surface area (Å²) in [7, 11) is 0. The number of likely N-dealkylation sites (N-methyl/N-ethyl adjacent to an activating group) is 1. The molecule has 0 saturated carbocycles. The highest BCUT2D eigenvalue weighted by atomic mass is 19.3. The first kappa shape index (κ1) is 14.1. The maximum Gasteiger partial charge on any atom is 0.254 e. The number of halogens is 2. The van der Waals surface area contributed by atoms with E-state index in [1.807, 2.05) is 27.7 Å². The molecule has 0 aliphatic rings. The number of alkyl halides is 2. The van der Waals surface area contributed by atoms with Crippen molar-refractivity contribution in [3.05, 3.63) is 34.4 Å². The van der Waals surface area contributed by atoms with Crippen LogP contribution in [-0.2, 0) is 6.42 Å². The molecule has 0 bridgehead atoms. The summed E-state index contributed by atoms with van der Waals surface area (Å²) in [5.74, 6) is 0. The zero-order valence-corrected chi connectivity index (χ0v) is 11.0. The minimum Gasteiger partial charge on any atom is -0.309 e. The second kappa shape index (κ2) is 6.10. The molecule has 96 valence electrons. The Morgan fingerprint density at radius 2 is 1.65 bits per heavy atom. The van der Waals surface area contributed by atoms with Gasteiger partial charge in [0.05, 0.1) is 6.04 Å². The van der Waals surface area contributed by atoms with Crippen LogP contribution in [0.4, 0.5) is 8.78 Å². The van der Waals surface area contributed by atoms with Gasteiger partial charge in [-0.3, -0.25) is 0 Å². The maximum absolute atomic E-state index is 12.9. The molecule has 0 amide bonds. The molecule has 3 heteroatoms. The SMILES string of the molecule is CCNC(Cc1c(C)cc(C)cc1C)C(F)F. The average molecular weight is 241 g/mol. The van der Waals surface area contributed by atoms with Gasteiger partial charge in [0.1, 0.15) is 0 Å². The molecular formula is C14H21F2N. The molecule has 1 aromatic rings. The van der Waals surface area contributed by atoms with Crippen LogP contribution in [0.5, 0.6) is 0 Å². The van der Waals surface area contributed by atoms with Crippen LogP contribution < -0.4 is 5.32 Å². The lowest BCUT2D eigenvalue weighted by molar-refractivity contribution is 0.0989. The maximum atomic E-state index is 12.9. The highest BCUT2D eigenvalue weighted by molar-refractivity contribution is 5.38. The Balaban J connectivity index is 2.93. The van der Waals surface area contributed by atoms with Crippen molar-refractivity contribution in [1.29, 1.82) is 0 Å². The third-order valence-electron chi connectivity index (χ3n) is 3.03. The van der Waals surface area contributed by atoms with Gasteiger partial charge in [-0.05, 0) is 50.4 Å². The molecule has 0 saturated heterocycles. The summed E-state index contributed by atoms with van der Waals surface area (Å²) < 4.78 is 25.7. The number of benzene rings is 1. The van der Waals surface area contributed by atoms with Crippen LogP contribution >= 0.6 is 0 Å².